The van der Waals surface area contributed by atoms with Crippen LogP contribution in [0.25, 0.3) is 0 Å². The fourth-order valence-electron chi connectivity index (χ4n) is 2.12. The lowest BCUT2D eigenvalue weighted by Crippen LogP contribution is -2.48. The molecule has 0 amide bonds. The predicted octanol–water partition coefficient (Wildman–Crippen LogP) is 2.52. The van der Waals surface area contributed by atoms with E-state index < -0.39 is 12.7 Å². The van der Waals surface area contributed by atoms with Crippen molar-refractivity contribution in [1.82, 2.24) is 14.8 Å². The molecule has 1 saturated heterocycles. The molecule has 0 atom stereocenters. The molecule has 2 rings (SSSR count). The minimum absolute atomic E-state index is 0.462. The highest BCUT2D eigenvalue weighted by atomic mass is 79.9. The van der Waals surface area contributed by atoms with Gasteiger partial charge in [-0.05, 0) is 27.6 Å². The smallest absolute Gasteiger partial charge is 0.296 e. The van der Waals surface area contributed by atoms with E-state index in [1.807, 2.05) is 12.1 Å². The molecule has 1 aliphatic heterocycles. The van der Waals surface area contributed by atoms with Gasteiger partial charge in [0.15, 0.2) is 0 Å². The summed E-state index contributed by atoms with van der Waals surface area (Å²) in [7, 11) is 0. The first-order valence-corrected chi connectivity index (χ1v) is 6.83. The van der Waals surface area contributed by atoms with Gasteiger partial charge in [0.1, 0.15) is 4.60 Å². The van der Waals surface area contributed by atoms with Crippen molar-refractivity contribution in [3.63, 3.8) is 0 Å². The fourth-order valence-corrected chi connectivity index (χ4v) is 2.35. The maximum atomic E-state index is 12.3. The Labute approximate surface area is 118 Å². The van der Waals surface area contributed by atoms with Gasteiger partial charge in [0.25, 0.3) is 0 Å². The van der Waals surface area contributed by atoms with E-state index >= 15 is 0 Å². The first kappa shape index (κ1) is 14.7. The highest BCUT2D eigenvalue weighted by Gasteiger charge is 2.32. The Kier molecular flexibility index (Phi) is 4.81. The summed E-state index contributed by atoms with van der Waals surface area (Å²) < 4.78 is 37.5. The Hall–Kier alpha value is -0.660. The first-order chi connectivity index (χ1) is 8.92. The van der Waals surface area contributed by atoms with Gasteiger partial charge in [0, 0.05) is 38.9 Å². The zero-order valence-electron chi connectivity index (χ0n) is 10.3. The molecular formula is C12H15BrF3N3. The normalized spacial score (nSPS) is 18.7. The van der Waals surface area contributed by atoms with Gasteiger partial charge in [0.2, 0.25) is 0 Å². The zero-order valence-corrected chi connectivity index (χ0v) is 11.9. The number of nitrogens with zero attached hydrogens (tertiary/aromatic N) is 3. The fraction of sp³-hybridized carbons (Fsp3) is 0.583. The van der Waals surface area contributed by atoms with Crippen LogP contribution in [0.2, 0.25) is 0 Å². The van der Waals surface area contributed by atoms with Crippen LogP contribution in [-0.2, 0) is 6.54 Å². The summed E-state index contributed by atoms with van der Waals surface area (Å²) in [5.41, 5.74) is 1.08. The average molecular weight is 338 g/mol. The molecule has 1 aromatic rings. The molecule has 7 heteroatoms. The van der Waals surface area contributed by atoms with Crippen LogP contribution >= 0.6 is 15.9 Å². The molecule has 0 unspecified atom stereocenters. The van der Waals surface area contributed by atoms with Crippen molar-refractivity contribution < 1.29 is 13.2 Å². The molecule has 0 aliphatic carbocycles. The van der Waals surface area contributed by atoms with E-state index in [1.54, 1.807) is 6.20 Å². The largest absolute Gasteiger partial charge is 0.401 e. The Morgan fingerprint density at radius 3 is 2.26 bits per heavy atom. The monoisotopic (exact) mass is 337 g/mol. The number of halogens is 4. The molecule has 19 heavy (non-hydrogen) atoms. The van der Waals surface area contributed by atoms with E-state index in [9.17, 15) is 13.2 Å². The van der Waals surface area contributed by atoms with Crippen molar-refractivity contribution >= 4 is 15.9 Å². The number of aromatic nitrogens is 1. The van der Waals surface area contributed by atoms with Gasteiger partial charge in [-0.15, -0.1) is 0 Å². The number of pyridine rings is 1. The molecule has 0 N–H and O–H groups in total. The minimum Gasteiger partial charge on any atom is -0.296 e. The quantitative estimate of drug-likeness (QED) is 0.790. The SMILES string of the molecule is FC(F)(F)CN1CCN(Cc2ccc(Br)nc2)CC1. The third-order valence-electron chi connectivity index (χ3n) is 3.06. The van der Waals surface area contributed by atoms with Gasteiger partial charge in [0.05, 0.1) is 6.54 Å². The van der Waals surface area contributed by atoms with Gasteiger partial charge < -0.3 is 0 Å². The van der Waals surface area contributed by atoms with E-state index in [0.29, 0.717) is 26.2 Å². The van der Waals surface area contributed by atoms with Crippen LogP contribution in [0.5, 0.6) is 0 Å². The number of alkyl halides is 3. The molecular weight excluding hydrogens is 323 g/mol. The summed E-state index contributed by atoms with van der Waals surface area (Å²) >= 11 is 3.27. The zero-order chi connectivity index (χ0) is 13.9. The van der Waals surface area contributed by atoms with Crippen LogP contribution in [0.4, 0.5) is 13.2 Å². The lowest BCUT2D eigenvalue weighted by Gasteiger charge is -2.34. The Balaban J connectivity index is 1.79. The van der Waals surface area contributed by atoms with E-state index in [-0.39, 0.29) is 0 Å². The van der Waals surface area contributed by atoms with Crippen LogP contribution in [0.3, 0.4) is 0 Å². The lowest BCUT2D eigenvalue weighted by atomic mass is 10.2. The summed E-state index contributed by atoms with van der Waals surface area (Å²) in [6, 6.07) is 3.84. The number of hydrogen-bond donors (Lipinski definition) is 0. The molecule has 1 fully saturated rings. The van der Waals surface area contributed by atoms with Gasteiger partial charge in [-0.2, -0.15) is 13.2 Å². The van der Waals surface area contributed by atoms with Crippen LogP contribution < -0.4 is 0 Å². The van der Waals surface area contributed by atoms with Crippen molar-refractivity contribution in [2.75, 3.05) is 32.7 Å². The Morgan fingerprint density at radius 1 is 1.11 bits per heavy atom. The standard InChI is InChI=1S/C12H15BrF3N3/c13-11-2-1-10(7-17-11)8-18-3-5-19(6-4-18)9-12(14,15)16/h1-2,7H,3-6,8-9H2. The highest BCUT2D eigenvalue weighted by Crippen LogP contribution is 2.18. The Morgan fingerprint density at radius 2 is 1.74 bits per heavy atom. The van der Waals surface area contributed by atoms with Crippen molar-refractivity contribution in [1.29, 1.82) is 0 Å². The number of rotatable bonds is 3. The molecule has 3 nitrogen and oxygen atoms in total. The van der Waals surface area contributed by atoms with Gasteiger partial charge in [-0.25, -0.2) is 4.98 Å². The molecule has 0 saturated carbocycles. The maximum Gasteiger partial charge on any atom is 0.401 e. The molecule has 0 spiro atoms. The van der Waals surface area contributed by atoms with Crippen molar-refractivity contribution in [3.05, 3.63) is 28.5 Å². The van der Waals surface area contributed by atoms with Crippen LogP contribution in [0, 0.1) is 0 Å². The second-order valence-corrected chi connectivity index (χ2v) is 5.47. The summed E-state index contributed by atoms with van der Waals surface area (Å²) in [5, 5.41) is 0. The number of piperazine rings is 1. The molecule has 0 radical (unpaired) electrons. The predicted molar refractivity (Wildman–Crippen MR) is 69.7 cm³/mol. The average Bonchev–Trinajstić information content (AvgIpc) is 2.33. The molecule has 2 heterocycles. The van der Waals surface area contributed by atoms with E-state index in [4.69, 9.17) is 0 Å². The third kappa shape index (κ3) is 5.08. The van der Waals surface area contributed by atoms with Crippen molar-refractivity contribution in [2.45, 2.75) is 12.7 Å². The molecule has 0 bridgehead atoms. The van der Waals surface area contributed by atoms with Crippen molar-refractivity contribution in [3.8, 4) is 0 Å². The molecule has 1 aromatic heterocycles. The maximum absolute atomic E-state index is 12.3. The summed E-state index contributed by atoms with van der Waals surface area (Å²) in [5.74, 6) is 0. The summed E-state index contributed by atoms with van der Waals surface area (Å²) in [6.07, 6.45) is -2.32. The molecule has 106 valence electrons. The van der Waals surface area contributed by atoms with Gasteiger partial charge in [-0.1, -0.05) is 6.07 Å². The number of hydrogen-bond acceptors (Lipinski definition) is 3. The Bertz CT molecular complexity index is 400. The third-order valence-corrected chi connectivity index (χ3v) is 3.53. The van der Waals surface area contributed by atoms with Gasteiger partial charge >= 0.3 is 6.18 Å². The lowest BCUT2D eigenvalue weighted by molar-refractivity contribution is -0.149. The molecule has 0 aromatic carbocycles. The topological polar surface area (TPSA) is 19.4 Å². The van der Waals surface area contributed by atoms with Crippen LogP contribution in [0.1, 0.15) is 5.56 Å². The highest BCUT2D eigenvalue weighted by molar-refractivity contribution is 9.10. The van der Waals surface area contributed by atoms with E-state index in [1.165, 1.54) is 4.90 Å². The van der Waals surface area contributed by atoms with E-state index in [2.05, 4.69) is 25.8 Å². The molecule has 1 aliphatic rings. The van der Waals surface area contributed by atoms with Crippen LogP contribution in [0.15, 0.2) is 22.9 Å². The second-order valence-electron chi connectivity index (χ2n) is 4.66. The minimum atomic E-state index is -4.10. The summed E-state index contributed by atoms with van der Waals surface area (Å²) in [4.78, 5) is 7.74. The van der Waals surface area contributed by atoms with E-state index in [0.717, 1.165) is 16.7 Å². The van der Waals surface area contributed by atoms with Crippen molar-refractivity contribution in [2.24, 2.45) is 0 Å². The first-order valence-electron chi connectivity index (χ1n) is 6.04. The second kappa shape index (κ2) is 6.19. The summed E-state index contributed by atoms with van der Waals surface area (Å²) in [6.45, 7) is 2.17. The van der Waals surface area contributed by atoms with Crippen LogP contribution in [-0.4, -0.2) is 53.7 Å². The van der Waals surface area contributed by atoms with Gasteiger partial charge in [-0.3, -0.25) is 9.80 Å².